The van der Waals surface area contributed by atoms with Crippen molar-refractivity contribution >= 4 is 18.0 Å². The molecule has 184 valence electrons. The number of amides is 2. The molecule has 1 fully saturated rings. The minimum Gasteiger partial charge on any atom is -0.480 e. The van der Waals surface area contributed by atoms with Crippen molar-refractivity contribution in [2.24, 2.45) is 0 Å². The average Bonchev–Trinajstić information content (AvgIpc) is 3.19. The standard InChI is InChI=1S/C27H30N2O6/c1-18(26(32)29-14-11-19(12-15-29)34-17-25(30)31)10-13-28-27(33)35-16-24-22-8-4-2-6-20(22)21-7-3-5-9-23(21)24/h2-10,19,24H,11-17H2,1H3,(H,28,33)(H,30,31)/b18-10+. The van der Waals surface area contributed by atoms with E-state index in [9.17, 15) is 14.4 Å². The van der Waals surface area contributed by atoms with Gasteiger partial charge in [-0.1, -0.05) is 54.6 Å². The second-order valence-electron chi connectivity index (χ2n) is 8.79. The Bertz CT molecular complexity index is 1070. The molecule has 4 rings (SSSR count). The first kappa shape index (κ1) is 24.5. The quantitative estimate of drug-likeness (QED) is 0.562. The Morgan fingerprint density at radius 3 is 2.23 bits per heavy atom. The summed E-state index contributed by atoms with van der Waals surface area (Å²) in [5, 5.41) is 11.4. The Balaban J connectivity index is 1.23. The van der Waals surface area contributed by atoms with Crippen LogP contribution in [0.25, 0.3) is 11.1 Å². The van der Waals surface area contributed by atoms with E-state index in [1.54, 1.807) is 17.9 Å². The van der Waals surface area contributed by atoms with Crippen molar-refractivity contribution in [1.82, 2.24) is 10.2 Å². The van der Waals surface area contributed by atoms with Crippen LogP contribution in [-0.2, 0) is 19.1 Å². The molecule has 8 heteroatoms. The number of fused-ring (bicyclic) bond motifs is 3. The number of hydrogen-bond acceptors (Lipinski definition) is 5. The van der Waals surface area contributed by atoms with Crippen molar-refractivity contribution in [3.63, 3.8) is 0 Å². The second kappa shape index (κ2) is 11.2. The monoisotopic (exact) mass is 478 g/mol. The summed E-state index contributed by atoms with van der Waals surface area (Å²) in [7, 11) is 0. The summed E-state index contributed by atoms with van der Waals surface area (Å²) < 4.78 is 10.8. The number of hydrogen-bond donors (Lipinski definition) is 2. The van der Waals surface area contributed by atoms with Crippen molar-refractivity contribution < 1.29 is 29.0 Å². The van der Waals surface area contributed by atoms with E-state index in [-0.39, 0.29) is 37.7 Å². The Morgan fingerprint density at radius 1 is 1.03 bits per heavy atom. The SMILES string of the molecule is C/C(=C\CNC(=O)OCC1c2ccccc2-c2ccccc21)C(=O)N1CCC(OCC(=O)O)CC1. The highest BCUT2D eigenvalue weighted by atomic mass is 16.5. The first-order chi connectivity index (χ1) is 16.9. The molecular formula is C27H30N2O6. The molecule has 1 saturated heterocycles. The second-order valence-corrected chi connectivity index (χ2v) is 8.79. The largest absolute Gasteiger partial charge is 0.480 e. The summed E-state index contributed by atoms with van der Waals surface area (Å²) in [6.45, 7) is 2.84. The minimum absolute atomic E-state index is 0.00517. The number of likely N-dealkylation sites (tertiary alicyclic amines) is 1. The van der Waals surface area contributed by atoms with Gasteiger partial charge < -0.3 is 24.8 Å². The number of aliphatic carboxylic acids is 1. The number of piperidine rings is 1. The summed E-state index contributed by atoms with van der Waals surface area (Å²) >= 11 is 0. The van der Waals surface area contributed by atoms with Gasteiger partial charge in [-0.25, -0.2) is 9.59 Å². The molecule has 2 N–H and O–H groups in total. The topological polar surface area (TPSA) is 105 Å². The third-order valence-electron chi connectivity index (χ3n) is 6.51. The van der Waals surface area contributed by atoms with Crippen molar-refractivity contribution in [3.8, 4) is 11.1 Å². The lowest BCUT2D eigenvalue weighted by atomic mass is 9.98. The van der Waals surface area contributed by atoms with E-state index in [2.05, 4.69) is 29.6 Å². The highest BCUT2D eigenvalue weighted by Gasteiger charge is 2.29. The Morgan fingerprint density at radius 2 is 1.63 bits per heavy atom. The zero-order valence-corrected chi connectivity index (χ0v) is 19.7. The molecule has 0 saturated carbocycles. The van der Waals surface area contributed by atoms with Gasteiger partial charge in [0.15, 0.2) is 0 Å². The van der Waals surface area contributed by atoms with E-state index < -0.39 is 12.1 Å². The smallest absolute Gasteiger partial charge is 0.407 e. The van der Waals surface area contributed by atoms with Crippen molar-refractivity contribution in [2.75, 3.05) is 32.8 Å². The highest BCUT2D eigenvalue weighted by Crippen LogP contribution is 2.44. The summed E-state index contributed by atoms with van der Waals surface area (Å²) in [6, 6.07) is 16.3. The highest BCUT2D eigenvalue weighted by molar-refractivity contribution is 5.93. The first-order valence-corrected chi connectivity index (χ1v) is 11.8. The molecule has 8 nitrogen and oxygen atoms in total. The van der Waals surface area contributed by atoms with Gasteiger partial charge in [0.25, 0.3) is 0 Å². The van der Waals surface area contributed by atoms with Crippen LogP contribution in [0.5, 0.6) is 0 Å². The fourth-order valence-electron chi connectivity index (χ4n) is 4.69. The van der Waals surface area contributed by atoms with Gasteiger partial charge in [-0.3, -0.25) is 4.79 Å². The molecule has 1 aliphatic carbocycles. The molecule has 2 aromatic carbocycles. The number of ether oxygens (including phenoxy) is 2. The maximum atomic E-state index is 12.7. The number of carboxylic acids is 1. The molecule has 0 bridgehead atoms. The van der Waals surface area contributed by atoms with Gasteiger partial charge in [0.05, 0.1) is 6.10 Å². The molecule has 2 aliphatic rings. The molecule has 0 atom stereocenters. The van der Waals surface area contributed by atoms with Crippen LogP contribution in [-0.4, -0.2) is 66.9 Å². The van der Waals surface area contributed by atoms with Crippen molar-refractivity contribution in [3.05, 3.63) is 71.3 Å². The van der Waals surface area contributed by atoms with Crippen LogP contribution in [0.3, 0.4) is 0 Å². The Hall–Kier alpha value is -3.65. The lowest BCUT2D eigenvalue weighted by molar-refractivity contribution is -0.146. The molecule has 2 aromatic rings. The molecule has 0 spiro atoms. The van der Waals surface area contributed by atoms with E-state index in [4.69, 9.17) is 14.6 Å². The predicted molar refractivity (Wildman–Crippen MR) is 130 cm³/mol. The number of rotatable bonds is 8. The van der Waals surface area contributed by atoms with Gasteiger partial charge in [-0.15, -0.1) is 0 Å². The number of alkyl carbamates (subject to hydrolysis) is 1. The van der Waals surface area contributed by atoms with Gasteiger partial charge in [-0.2, -0.15) is 0 Å². The third-order valence-corrected chi connectivity index (χ3v) is 6.51. The number of carboxylic acid groups (broad SMARTS) is 1. The lowest BCUT2D eigenvalue weighted by Gasteiger charge is -2.31. The maximum absolute atomic E-state index is 12.7. The number of benzene rings is 2. The van der Waals surface area contributed by atoms with Gasteiger partial charge in [-0.05, 0) is 42.0 Å². The third kappa shape index (κ3) is 5.89. The summed E-state index contributed by atoms with van der Waals surface area (Å²) in [5.41, 5.74) is 5.19. The van der Waals surface area contributed by atoms with E-state index >= 15 is 0 Å². The number of carbonyl (C=O) groups excluding carboxylic acids is 2. The average molecular weight is 479 g/mol. The van der Waals surface area contributed by atoms with E-state index in [1.165, 1.54) is 11.1 Å². The van der Waals surface area contributed by atoms with Crippen LogP contribution in [0.15, 0.2) is 60.2 Å². The van der Waals surface area contributed by atoms with E-state index in [1.807, 2.05) is 24.3 Å². The van der Waals surface area contributed by atoms with Gasteiger partial charge in [0.2, 0.25) is 5.91 Å². The molecule has 1 heterocycles. The van der Waals surface area contributed by atoms with Crippen molar-refractivity contribution in [1.29, 1.82) is 0 Å². The number of nitrogens with one attached hydrogen (secondary N) is 1. The van der Waals surface area contributed by atoms with Gasteiger partial charge in [0.1, 0.15) is 13.2 Å². The molecule has 0 radical (unpaired) electrons. The lowest BCUT2D eigenvalue weighted by Crippen LogP contribution is -2.41. The van der Waals surface area contributed by atoms with Crippen LogP contribution >= 0.6 is 0 Å². The van der Waals surface area contributed by atoms with E-state index in [0.717, 1.165) is 11.1 Å². The summed E-state index contributed by atoms with van der Waals surface area (Å²) in [6.07, 6.45) is 2.21. The number of nitrogens with zero attached hydrogens (tertiary/aromatic N) is 1. The van der Waals surface area contributed by atoms with Crippen LogP contribution in [0.2, 0.25) is 0 Å². The van der Waals surface area contributed by atoms with Gasteiger partial charge >= 0.3 is 12.1 Å². The molecule has 35 heavy (non-hydrogen) atoms. The van der Waals surface area contributed by atoms with Crippen LogP contribution in [0, 0.1) is 0 Å². The summed E-state index contributed by atoms with van der Waals surface area (Å²) in [5.74, 6) is -1.10. The minimum atomic E-state index is -0.994. The molecule has 0 aromatic heterocycles. The predicted octanol–water partition coefficient (Wildman–Crippen LogP) is 3.56. The normalized spacial score (nSPS) is 15.9. The Kier molecular flexibility index (Phi) is 7.82. The zero-order chi connectivity index (χ0) is 24.8. The summed E-state index contributed by atoms with van der Waals surface area (Å²) in [4.78, 5) is 37.3. The molecule has 1 aliphatic heterocycles. The van der Waals surface area contributed by atoms with Crippen molar-refractivity contribution in [2.45, 2.75) is 31.8 Å². The first-order valence-electron chi connectivity index (χ1n) is 11.8. The molecule has 0 unspecified atom stereocenters. The van der Waals surface area contributed by atoms with Crippen LogP contribution in [0.1, 0.15) is 36.8 Å². The van der Waals surface area contributed by atoms with Crippen LogP contribution in [0.4, 0.5) is 4.79 Å². The van der Waals surface area contributed by atoms with Gasteiger partial charge in [0, 0.05) is 31.1 Å². The number of carbonyl (C=O) groups is 3. The fourth-order valence-corrected chi connectivity index (χ4v) is 4.69. The Labute approximate surface area is 204 Å². The fraction of sp³-hybridized carbons (Fsp3) is 0.370. The van der Waals surface area contributed by atoms with Crippen LogP contribution < -0.4 is 5.32 Å². The maximum Gasteiger partial charge on any atom is 0.407 e. The molecule has 2 amide bonds. The molecular weight excluding hydrogens is 448 g/mol. The van der Waals surface area contributed by atoms with E-state index in [0.29, 0.717) is 31.5 Å². The zero-order valence-electron chi connectivity index (χ0n) is 19.7.